The van der Waals surface area contributed by atoms with Crippen LogP contribution in [0.5, 0.6) is 0 Å². The minimum Gasteiger partial charge on any atom is -0.327 e. The molecule has 2 atom stereocenters. The fraction of sp³-hybridized carbons (Fsp3) is 1.00. The molecule has 2 N–H and O–H groups in total. The third-order valence-electron chi connectivity index (χ3n) is 2.78. The van der Waals surface area contributed by atoms with Gasteiger partial charge in [-0.05, 0) is 39.7 Å². The minimum atomic E-state index is 0.303. The number of hydrogen-bond acceptors (Lipinski definition) is 2. The maximum atomic E-state index is 5.89. The average molecular weight is 170 g/mol. The van der Waals surface area contributed by atoms with Gasteiger partial charge in [0.2, 0.25) is 0 Å². The Balaban J connectivity index is 2.40. The van der Waals surface area contributed by atoms with E-state index in [0.717, 1.165) is 6.04 Å². The summed E-state index contributed by atoms with van der Waals surface area (Å²) in [5.41, 5.74) is 5.89. The zero-order valence-electron chi connectivity index (χ0n) is 8.59. The summed E-state index contributed by atoms with van der Waals surface area (Å²) in [4.78, 5) is 2.57. The van der Waals surface area contributed by atoms with Crippen molar-refractivity contribution >= 4 is 0 Å². The van der Waals surface area contributed by atoms with Crippen molar-refractivity contribution in [3.8, 4) is 0 Å². The molecule has 0 saturated heterocycles. The molecule has 12 heavy (non-hydrogen) atoms. The fourth-order valence-corrected chi connectivity index (χ4v) is 1.69. The summed E-state index contributed by atoms with van der Waals surface area (Å²) in [6.07, 6.45) is 4.02. The standard InChI is InChI=1S/C10H22N2/c1-4-7-12(10-5-6-10)9(3)8(2)11/h8-10H,4-7,11H2,1-3H3. The van der Waals surface area contributed by atoms with Crippen molar-refractivity contribution in [3.05, 3.63) is 0 Å². The highest BCUT2D eigenvalue weighted by Gasteiger charge is 2.32. The van der Waals surface area contributed by atoms with Crippen LogP contribution in [0.2, 0.25) is 0 Å². The van der Waals surface area contributed by atoms with Crippen LogP contribution < -0.4 is 5.73 Å². The summed E-state index contributed by atoms with van der Waals surface area (Å²) < 4.78 is 0. The van der Waals surface area contributed by atoms with Crippen LogP contribution in [0.3, 0.4) is 0 Å². The van der Waals surface area contributed by atoms with E-state index in [4.69, 9.17) is 5.73 Å². The first kappa shape index (κ1) is 10.0. The summed E-state index contributed by atoms with van der Waals surface area (Å²) >= 11 is 0. The molecule has 2 nitrogen and oxygen atoms in total. The Hall–Kier alpha value is -0.0800. The Morgan fingerprint density at radius 2 is 2.00 bits per heavy atom. The predicted octanol–water partition coefficient (Wildman–Crippen LogP) is 1.60. The highest BCUT2D eigenvalue weighted by atomic mass is 15.2. The Kier molecular flexibility index (Phi) is 3.53. The average Bonchev–Trinajstić information content (AvgIpc) is 2.81. The molecule has 2 heteroatoms. The normalized spacial score (nSPS) is 22.8. The summed E-state index contributed by atoms with van der Waals surface area (Å²) in [6, 6.07) is 1.71. The summed E-state index contributed by atoms with van der Waals surface area (Å²) in [5, 5.41) is 0. The van der Waals surface area contributed by atoms with Gasteiger partial charge in [-0.2, -0.15) is 0 Å². The maximum Gasteiger partial charge on any atom is 0.0219 e. The zero-order chi connectivity index (χ0) is 9.14. The van der Waals surface area contributed by atoms with E-state index in [1.54, 1.807) is 0 Å². The second kappa shape index (κ2) is 4.24. The van der Waals surface area contributed by atoms with Crippen molar-refractivity contribution in [2.75, 3.05) is 6.54 Å². The van der Waals surface area contributed by atoms with Gasteiger partial charge in [-0.3, -0.25) is 4.90 Å². The summed E-state index contributed by atoms with van der Waals surface area (Å²) in [7, 11) is 0. The van der Waals surface area contributed by atoms with E-state index in [-0.39, 0.29) is 0 Å². The van der Waals surface area contributed by atoms with Crippen LogP contribution in [-0.2, 0) is 0 Å². The van der Waals surface area contributed by atoms with Gasteiger partial charge < -0.3 is 5.73 Å². The van der Waals surface area contributed by atoms with E-state index in [1.807, 2.05) is 0 Å². The van der Waals surface area contributed by atoms with Crippen molar-refractivity contribution in [2.45, 2.75) is 58.2 Å². The molecule has 0 heterocycles. The molecular formula is C10H22N2. The van der Waals surface area contributed by atoms with Gasteiger partial charge in [0.1, 0.15) is 0 Å². The molecule has 1 aliphatic rings. The van der Waals surface area contributed by atoms with Gasteiger partial charge >= 0.3 is 0 Å². The van der Waals surface area contributed by atoms with Crippen molar-refractivity contribution in [2.24, 2.45) is 5.73 Å². The van der Waals surface area contributed by atoms with Gasteiger partial charge in [-0.15, -0.1) is 0 Å². The number of hydrogen-bond donors (Lipinski definition) is 1. The van der Waals surface area contributed by atoms with E-state index < -0.39 is 0 Å². The fourth-order valence-electron chi connectivity index (χ4n) is 1.69. The molecule has 0 bridgehead atoms. The quantitative estimate of drug-likeness (QED) is 0.679. The molecule has 0 amide bonds. The molecule has 0 aromatic rings. The second-order valence-electron chi connectivity index (χ2n) is 4.07. The first-order valence-corrected chi connectivity index (χ1v) is 5.18. The zero-order valence-corrected chi connectivity index (χ0v) is 8.59. The number of rotatable bonds is 5. The summed E-state index contributed by atoms with van der Waals surface area (Å²) in [6.45, 7) is 7.81. The van der Waals surface area contributed by atoms with Crippen LogP contribution in [0.25, 0.3) is 0 Å². The minimum absolute atomic E-state index is 0.303. The lowest BCUT2D eigenvalue weighted by atomic mass is 10.1. The molecule has 1 fully saturated rings. The van der Waals surface area contributed by atoms with E-state index in [0.29, 0.717) is 12.1 Å². The van der Waals surface area contributed by atoms with E-state index in [2.05, 4.69) is 25.7 Å². The van der Waals surface area contributed by atoms with Gasteiger partial charge in [-0.1, -0.05) is 6.92 Å². The van der Waals surface area contributed by atoms with Gasteiger partial charge in [-0.25, -0.2) is 0 Å². The highest BCUT2D eigenvalue weighted by molar-refractivity contribution is 4.89. The van der Waals surface area contributed by atoms with Gasteiger partial charge in [0.15, 0.2) is 0 Å². The van der Waals surface area contributed by atoms with E-state index in [9.17, 15) is 0 Å². The molecule has 0 radical (unpaired) electrons. The topological polar surface area (TPSA) is 29.3 Å². The molecular weight excluding hydrogens is 148 g/mol. The first-order valence-electron chi connectivity index (χ1n) is 5.18. The van der Waals surface area contributed by atoms with Gasteiger partial charge in [0.25, 0.3) is 0 Å². The monoisotopic (exact) mass is 170 g/mol. The number of nitrogens with two attached hydrogens (primary N) is 1. The largest absolute Gasteiger partial charge is 0.327 e. The molecule has 2 unspecified atom stereocenters. The third-order valence-corrected chi connectivity index (χ3v) is 2.78. The number of nitrogens with zero attached hydrogens (tertiary/aromatic N) is 1. The van der Waals surface area contributed by atoms with Crippen molar-refractivity contribution in [3.63, 3.8) is 0 Å². The molecule has 0 aromatic carbocycles. The van der Waals surface area contributed by atoms with Crippen molar-refractivity contribution in [1.29, 1.82) is 0 Å². The molecule has 0 aromatic heterocycles. The van der Waals surface area contributed by atoms with E-state index >= 15 is 0 Å². The van der Waals surface area contributed by atoms with Gasteiger partial charge in [0.05, 0.1) is 0 Å². The molecule has 1 rings (SSSR count). The Morgan fingerprint density at radius 1 is 1.42 bits per heavy atom. The lowest BCUT2D eigenvalue weighted by Crippen LogP contribution is -2.45. The maximum absolute atomic E-state index is 5.89. The van der Waals surface area contributed by atoms with Crippen molar-refractivity contribution < 1.29 is 0 Å². The molecule has 0 aliphatic heterocycles. The Morgan fingerprint density at radius 3 is 2.33 bits per heavy atom. The molecule has 0 spiro atoms. The summed E-state index contributed by atoms with van der Waals surface area (Å²) in [5.74, 6) is 0. The van der Waals surface area contributed by atoms with Crippen LogP contribution in [0.4, 0.5) is 0 Å². The SMILES string of the molecule is CCCN(C1CC1)C(C)C(C)N. The lowest BCUT2D eigenvalue weighted by Gasteiger charge is -2.31. The van der Waals surface area contributed by atoms with Crippen LogP contribution in [-0.4, -0.2) is 29.6 Å². The Labute approximate surface area is 76.1 Å². The van der Waals surface area contributed by atoms with Crippen LogP contribution in [0.15, 0.2) is 0 Å². The predicted molar refractivity (Wildman–Crippen MR) is 53.1 cm³/mol. The molecule has 1 saturated carbocycles. The van der Waals surface area contributed by atoms with Crippen LogP contribution in [0, 0.1) is 0 Å². The first-order chi connectivity index (χ1) is 5.66. The molecule has 1 aliphatic carbocycles. The Bertz CT molecular complexity index is 130. The van der Waals surface area contributed by atoms with Crippen LogP contribution >= 0.6 is 0 Å². The third kappa shape index (κ3) is 2.46. The molecule has 72 valence electrons. The second-order valence-corrected chi connectivity index (χ2v) is 4.07. The smallest absolute Gasteiger partial charge is 0.0219 e. The lowest BCUT2D eigenvalue weighted by molar-refractivity contribution is 0.179. The van der Waals surface area contributed by atoms with Crippen LogP contribution in [0.1, 0.15) is 40.0 Å². The van der Waals surface area contributed by atoms with Crippen molar-refractivity contribution in [1.82, 2.24) is 4.90 Å². The van der Waals surface area contributed by atoms with E-state index in [1.165, 1.54) is 25.8 Å². The van der Waals surface area contributed by atoms with Gasteiger partial charge in [0, 0.05) is 18.1 Å². The highest BCUT2D eigenvalue weighted by Crippen LogP contribution is 2.29.